The van der Waals surface area contributed by atoms with Gasteiger partial charge >= 0.3 is 0 Å². The van der Waals surface area contributed by atoms with Crippen LogP contribution in [0.15, 0.2) is 53.9 Å². The first-order valence-electron chi connectivity index (χ1n) is 7.92. The zero-order valence-electron chi connectivity index (χ0n) is 13.7. The highest BCUT2D eigenvalue weighted by molar-refractivity contribution is 7.13. The number of para-hydroxylation sites is 3. The van der Waals surface area contributed by atoms with Crippen molar-refractivity contribution < 1.29 is 14.6 Å². The van der Waals surface area contributed by atoms with Gasteiger partial charge in [0.1, 0.15) is 16.5 Å². The van der Waals surface area contributed by atoms with Crippen LogP contribution >= 0.6 is 11.3 Å². The third-order valence-electron chi connectivity index (χ3n) is 3.49. The third kappa shape index (κ3) is 4.16. The number of hydrogen-bond donors (Lipinski definition) is 2. The minimum absolute atomic E-state index is 0.0421. The predicted molar refractivity (Wildman–Crippen MR) is 99.2 cm³/mol. The van der Waals surface area contributed by atoms with Crippen LogP contribution in [0.5, 0.6) is 11.5 Å². The first-order valence-corrected chi connectivity index (χ1v) is 8.79. The molecule has 0 aliphatic rings. The highest BCUT2D eigenvalue weighted by Crippen LogP contribution is 2.32. The molecule has 3 aromatic rings. The maximum absolute atomic E-state index is 12.2. The third-order valence-corrected chi connectivity index (χ3v) is 4.41. The van der Waals surface area contributed by atoms with E-state index in [-0.39, 0.29) is 18.1 Å². The lowest BCUT2D eigenvalue weighted by atomic mass is 10.2. The van der Waals surface area contributed by atoms with E-state index in [0.717, 1.165) is 16.3 Å². The first kappa shape index (κ1) is 17.0. The molecule has 0 radical (unpaired) electrons. The van der Waals surface area contributed by atoms with Gasteiger partial charge in [0.15, 0.2) is 0 Å². The van der Waals surface area contributed by atoms with E-state index in [1.165, 1.54) is 17.4 Å². The number of thiazole rings is 1. The van der Waals surface area contributed by atoms with E-state index in [0.29, 0.717) is 18.0 Å². The number of anilines is 1. The summed E-state index contributed by atoms with van der Waals surface area (Å²) >= 11 is 1.47. The molecule has 0 aliphatic heterocycles. The minimum atomic E-state index is -0.226. The second-order valence-electron chi connectivity index (χ2n) is 5.32. The normalized spacial score (nSPS) is 10.4. The SMILES string of the molecule is CCOc1ccccc1-c1nc(CC(=O)Nc2ccccc2O)cs1. The van der Waals surface area contributed by atoms with Crippen LogP contribution in [-0.2, 0) is 11.2 Å². The fourth-order valence-corrected chi connectivity index (χ4v) is 3.22. The fourth-order valence-electron chi connectivity index (χ4n) is 2.37. The molecule has 0 spiro atoms. The molecule has 2 N–H and O–H groups in total. The van der Waals surface area contributed by atoms with Gasteiger partial charge < -0.3 is 15.2 Å². The van der Waals surface area contributed by atoms with Gasteiger partial charge in [0.25, 0.3) is 0 Å². The summed E-state index contributed by atoms with van der Waals surface area (Å²) in [6.07, 6.45) is 0.141. The lowest BCUT2D eigenvalue weighted by molar-refractivity contribution is -0.115. The number of nitrogens with one attached hydrogen (secondary N) is 1. The van der Waals surface area contributed by atoms with Crippen LogP contribution in [0.3, 0.4) is 0 Å². The second-order valence-corrected chi connectivity index (χ2v) is 6.17. The van der Waals surface area contributed by atoms with E-state index in [2.05, 4.69) is 10.3 Å². The monoisotopic (exact) mass is 354 g/mol. The Balaban J connectivity index is 1.72. The van der Waals surface area contributed by atoms with Crippen LogP contribution in [0.2, 0.25) is 0 Å². The summed E-state index contributed by atoms with van der Waals surface area (Å²) in [5, 5.41) is 15.1. The molecule has 1 heterocycles. The summed E-state index contributed by atoms with van der Waals surface area (Å²) in [6.45, 7) is 2.52. The van der Waals surface area contributed by atoms with Gasteiger partial charge in [-0.2, -0.15) is 0 Å². The van der Waals surface area contributed by atoms with Gasteiger partial charge in [0.2, 0.25) is 5.91 Å². The lowest BCUT2D eigenvalue weighted by Crippen LogP contribution is -2.14. The van der Waals surface area contributed by atoms with Gasteiger partial charge in [0.05, 0.1) is 30.0 Å². The van der Waals surface area contributed by atoms with Crippen molar-refractivity contribution in [3.8, 4) is 22.1 Å². The van der Waals surface area contributed by atoms with Crippen LogP contribution in [0.25, 0.3) is 10.6 Å². The second kappa shape index (κ2) is 7.81. The molecule has 1 aromatic heterocycles. The number of phenols is 1. The maximum atomic E-state index is 12.2. The summed E-state index contributed by atoms with van der Waals surface area (Å²) in [7, 11) is 0. The standard InChI is InChI=1S/C19H18N2O3S/c1-2-24-17-10-6-3-7-14(17)19-20-13(12-25-19)11-18(23)21-15-8-4-5-9-16(15)22/h3-10,12,22H,2,11H2,1H3,(H,21,23). The van der Waals surface area contributed by atoms with Gasteiger partial charge in [0, 0.05) is 5.38 Å². The largest absolute Gasteiger partial charge is 0.506 e. The van der Waals surface area contributed by atoms with Crippen LogP contribution in [0.4, 0.5) is 5.69 Å². The number of phenolic OH excluding ortho intramolecular Hbond substituents is 1. The molecule has 0 saturated heterocycles. The number of carbonyl (C=O) groups is 1. The van der Waals surface area contributed by atoms with E-state index in [1.54, 1.807) is 18.2 Å². The molecular weight excluding hydrogens is 336 g/mol. The highest BCUT2D eigenvalue weighted by atomic mass is 32.1. The Kier molecular flexibility index (Phi) is 5.30. The van der Waals surface area contributed by atoms with Gasteiger partial charge in [-0.3, -0.25) is 4.79 Å². The van der Waals surface area contributed by atoms with Crippen molar-refractivity contribution in [2.24, 2.45) is 0 Å². The number of benzene rings is 2. The smallest absolute Gasteiger partial charge is 0.230 e. The Hall–Kier alpha value is -2.86. The van der Waals surface area contributed by atoms with E-state index in [4.69, 9.17) is 4.74 Å². The van der Waals surface area contributed by atoms with Crippen molar-refractivity contribution in [2.75, 3.05) is 11.9 Å². The van der Waals surface area contributed by atoms with E-state index in [1.807, 2.05) is 36.6 Å². The Morgan fingerprint density at radius 2 is 1.96 bits per heavy atom. The molecule has 0 unspecified atom stereocenters. The highest BCUT2D eigenvalue weighted by Gasteiger charge is 2.13. The van der Waals surface area contributed by atoms with Crippen molar-refractivity contribution in [3.05, 3.63) is 59.6 Å². The van der Waals surface area contributed by atoms with E-state index < -0.39 is 0 Å². The van der Waals surface area contributed by atoms with Crippen LogP contribution in [0.1, 0.15) is 12.6 Å². The minimum Gasteiger partial charge on any atom is -0.506 e. The Labute approximate surface area is 149 Å². The zero-order valence-corrected chi connectivity index (χ0v) is 14.5. The molecule has 0 bridgehead atoms. The van der Waals surface area contributed by atoms with Crippen molar-refractivity contribution in [1.82, 2.24) is 4.98 Å². The number of aromatic nitrogens is 1. The number of aromatic hydroxyl groups is 1. The number of amides is 1. The predicted octanol–water partition coefficient (Wildman–Crippen LogP) is 4.10. The molecular formula is C19H18N2O3S. The lowest BCUT2D eigenvalue weighted by Gasteiger charge is -2.07. The summed E-state index contributed by atoms with van der Waals surface area (Å²) in [6, 6.07) is 14.3. The summed E-state index contributed by atoms with van der Waals surface area (Å²) in [4.78, 5) is 16.7. The molecule has 0 atom stereocenters. The molecule has 0 fully saturated rings. The number of nitrogens with zero attached hydrogens (tertiary/aromatic N) is 1. The average Bonchev–Trinajstić information content (AvgIpc) is 3.06. The molecule has 0 saturated carbocycles. The molecule has 128 valence electrons. The van der Waals surface area contributed by atoms with Crippen LogP contribution in [0, 0.1) is 0 Å². The molecule has 6 heteroatoms. The van der Waals surface area contributed by atoms with Crippen LogP contribution < -0.4 is 10.1 Å². The Morgan fingerprint density at radius 1 is 1.20 bits per heavy atom. The average molecular weight is 354 g/mol. The van der Waals surface area contributed by atoms with E-state index in [9.17, 15) is 9.90 Å². The number of rotatable bonds is 6. The first-order chi connectivity index (χ1) is 12.2. The molecule has 3 rings (SSSR count). The topological polar surface area (TPSA) is 71.5 Å². The van der Waals surface area contributed by atoms with Gasteiger partial charge in [-0.25, -0.2) is 4.98 Å². The van der Waals surface area contributed by atoms with E-state index >= 15 is 0 Å². The molecule has 5 nitrogen and oxygen atoms in total. The maximum Gasteiger partial charge on any atom is 0.230 e. The van der Waals surface area contributed by atoms with Crippen molar-refractivity contribution in [3.63, 3.8) is 0 Å². The number of carbonyl (C=O) groups excluding carboxylic acids is 1. The fraction of sp³-hybridized carbons (Fsp3) is 0.158. The van der Waals surface area contributed by atoms with Crippen molar-refractivity contribution >= 4 is 22.9 Å². The van der Waals surface area contributed by atoms with Gasteiger partial charge in [-0.05, 0) is 31.2 Å². The number of ether oxygens (including phenoxy) is 1. The van der Waals surface area contributed by atoms with Crippen molar-refractivity contribution in [2.45, 2.75) is 13.3 Å². The molecule has 1 amide bonds. The summed E-state index contributed by atoms with van der Waals surface area (Å²) < 4.78 is 5.63. The molecule has 2 aromatic carbocycles. The molecule has 0 aliphatic carbocycles. The Morgan fingerprint density at radius 3 is 2.76 bits per heavy atom. The van der Waals surface area contributed by atoms with Crippen LogP contribution in [-0.4, -0.2) is 22.6 Å². The number of hydrogen-bond acceptors (Lipinski definition) is 5. The summed E-state index contributed by atoms with van der Waals surface area (Å²) in [5.74, 6) is 0.599. The van der Waals surface area contributed by atoms with Crippen molar-refractivity contribution in [1.29, 1.82) is 0 Å². The zero-order chi connectivity index (χ0) is 17.6. The Bertz CT molecular complexity index is 876. The van der Waals surface area contributed by atoms with Gasteiger partial charge in [-0.15, -0.1) is 11.3 Å². The molecule has 25 heavy (non-hydrogen) atoms. The summed E-state index contributed by atoms with van der Waals surface area (Å²) in [5.41, 5.74) is 1.99. The quantitative estimate of drug-likeness (QED) is 0.654. The van der Waals surface area contributed by atoms with Gasteiger partial charge in [-0.1, -0.05) is 24.3 Å².